The minimum absolute atomic E-state index is 0.103. The van der Waals surface area contributed by atoms with Gasteiger partial charge in [-0.05, 0) is 23.3 Å². The van der Waals surface area contributed by atoms with Crippen LogP contribution in [-0.4, -0.2) is 28.0 Å². The normalized spacial score (nSPS) is 10.4. The summed E-state index contributed by atoms with van der Waals surface area (Å²) >= 11 is 0. The first-order valence-electron chi connectivity index (χ1n) is 8.80. The van der Waals surface area contributed by atoms with E-state index in [2.05, 4.69) is 20.9 Å². The van der Waals surface area contributed by atoms with Crippen molar-refractivity contribution in [2.24, 2.45) is 0 Å². The number of nitrogens with one attached hydrogen (secondary N) is 3. The molecule has 0 aliphatic rings. The van der Waals surface area contributed by atoms with Crippen molar-refractivity contribution < 1.29 is 18.4 Å². The zero-order valence-corrected chi connectivity index (χ0v) is 15.4. The molecule has 150 valence electrons. The Balaban J connectivity index is 1.42. The van der Waals surface area contributed by atoms with Gasteiger partial charge >= 0.3 is 6.03 Å². The van der Waals surface area contributed by atoms with Gasteiger partial charge in [-0.1, -0.05) is 24.3 Å². The predicted octanol–water partition coefficient (Wildman–Crippen LogP) is 2.65. The number of halogens is 2. The van der Waals surface area contributed by atoms with E-state index < -0.39 is 23.6 Å². The number of aromatic nitrogens is 2. The molecule has 3 rings (SSSR count). The second-order valence-corrected chi connectivity index (χ2v) is 6.27. The summed E-state index contributed by atoms with van der Waals surface area (Å²) in [4.78, 5) is 27.7. The molecule has 0 saturated heterocycles. The molecule has 0 saturated carbocycles. The fraction of sp³-hybridized carbons (Fsp3) is 0.150. The van der Waals surface area contributed by atoms with Crippen LogP contribution >= 0.6 is 0 Å². The van der Waals surface area contributed by atoms with Gasteiger partial charge < -0.3 is 20.5 Å². The van der Waals surface area contributed by atoms with Crippen molar-refractivity contribution >= 4 is 17.6 Å². The van der Waals surface area contributed by atoms with Crippen molar-refractivity contribution in [2.45, 2.75) is 13.1 Å². The van der Waals surface area contributed by atoms with Crippen LogP contribution in [0.2, 0.25) is 0 Å². The Bertz CT molecular complexity index is 992. The van der Waals surface area contributed by atoms with Crippen LogP contribution in [0.4, 0.5) is 19.3 Å². The lowest BCUT2D eigenvalue weighted by molar-refractivity contribution is -0.115. The number of nitrogens with zero attached hydrogens (tertiary/aromatic N) is 2. The van der Waals surface area contributed by atoms with Crippen LogP contribution in [0, 0.1) is 11.6 Å². The highest BCUT2D eigenvalue weighted by molar-refractivity contribution is 5.94. The third-order valence-corrected chi connectivity index (χ3v) is 3.98. The van der Waals surface area contributed by atoms with Gasteiger partial charge in [0.25, 0.3) is 0 Å². The Morgan fingerprint density at radius 3 is 2.59 bits per heavy atom. The highest BCUT2D eigenvalue weighted by atomic mass is 19.2. The number of rotatable bonds is 7. The van der Waals surface area contributed by atoms with Crippen LogP contribution < -0.4 is 16.0 Å². The number of carbonyl (C=O) groups excluding carboxylic acids is 2. The number of hydrogen-bond donors (Lipinski definition) is 3. The highest BCUT2D eigenvalue weighted by Crippen LogP contribution is 2.12. The van der Waals surface area contributed by atoms with Gasteiger partial charge in [-0.25, -0.2) is 18.6 Å². The van der Waals surface area contributed by atoms with Crippen molar-refractivity contribution in [2.75, 3.05) is 11.9 Å². The zero-order valence-electron chi connectivity index (χ0n) is 15.4. The molecule has 1 heterocycles. The topological polar surface area (TPSA) is 88.1 Å². The smallest absolute Gasteiger partial charge is 0.315 e. The summed E-state index contributed by atoms with van der Waals surface area (Å²) in [5.74, 6) is -2.63. The third kappa shape index (κ3) is 6.13. The standard InChI is InChI=1S/C20H19F2N5O2/c21-17-5-4-16(9-18(17)22)26-19(28)11-25-20(29)24-10-14-2-1-3-15(8-14)12-27-7-6-23-13-27/h1-9,13H,10-12H2,(H,26,28)(H2,24,25,29). The van der Waals surface area contributed by atoms with Crippen molar-refractivity contribution in [3.8, 4) is 0 Å². The van der Waals surface area contributed by atoms with Crippen LogP contribution in [0.1, 0.15) is 11.1 Å². The van der Waals surface area contributed by atoms with E-state index in [1.807, 2.05) is 35.0 Å². The van der Waals surface area contributed by atoms with E-state index in [1.54, 1.807) is 12.5 Å². The molecule has 1 aromatic heterocycles. The maximum atomic E-state index is 13.1. The van der Waals surface area contributed by atoms with Gasteiger partial charge in [0.1, 0.15) is 0 Å². The maximum Gasteiger partial charge on any atom is 0.315 e. The molecule has 0 bridgehead atoms. The van der Waals surface area contributed by atoms with Gasteiger partial charge in [0.2, 0.25) is 5.91 Å². The molecular formula is C20H19F2N5O2. The summed E-state index contributed by atoms with van der Waals surface area (Å²) in [5, 5.41) is 7.44. The lowest BCUT2D eigenvalue weighted by Gasteiger charge is -2.10. The van der Waals surface area contributed by atoms with E-state index in [0.717, 1.165) is 23.3 Å². The average molecular weight is 399 g/mol. The quantitative estimate of drug-likeness (QED) is 0.571. The van der Waals surface area contributed by atoms with Gasteiger partial charge in [0.15, 0.2) is 11.6 Å². The van der Waals surface area contributed by atoms with E-state index in [0.29, 0.717) is 6.54 Å². The molecule has 3 aromatic rings. The molecule has 0 atom stereocenters. The van der Waals surface area contributed by atoms with E-state index in [1.165, 1.54) is 6.07 Å². The minimum atomic E-state index is -1.07. The highest BCUT2D eigenvalue weighted by Gasteiger charge is 2.08. The number of benzene rings is 2. The second-order valence-electron chi connectivity index (χ2n) is 6.27. The molecular weight excluding hydrogens is 380 g/mol. The fourth-order valence-electron chi connectivity index (χ4n) is 2.61. The number of imidazole rings is 1. The summed E-state index contributed by atoms with van der Waals surface area (Å²) in [5.41, 5.74) is 2.07. The Labute approximate surface area is 165 Å². The summed E-state index contributed by atoms with van der Waals surface area (Å²) < 4.78 is 27.9. The molecule has 0 fully saturated rings. The van der Waals surface area contributed by atoms with Crippen molar-refractivity contribution in [1.29, 1.82) is 0 Å². The Kier molecular flexibility index (Phi) is 6.51. The summed E-state index contributed by atoms with van der Waals surface area (Å²) in [6.07, 6.45) is 5.30. The van der Waals surface area contributed by atoms with Crippen LogP contribution in [0.5, 0.6) is 0 Å². The first-order valence-corrected chi connectivity index (χ1v) is 8.80. The lowest BCUT2D eigenvalue weighted by Crippen LogP contribution is -2.39. The molecule has 0 spiro atoms. The number of amides is 3. The lowest BCUT2D eigenvalue weighted by atomic mass is 10.1. The van der Waals surface area contributed by atoms with Crippen LogP contribution in [-0.2, 0) is 17.9 Å². The van der Waals surface area contributed by atoms with E-state index in [-0.39, 0.29) is 18.8 Å². The zero-order chi connectivity index (χ0) is 20.6. The van der Waals surface area contributed by atoms with Gasteiger partial charge in [0, 0.05) is 37.2 Å². The minimum Gasteiger partial charge on any atom is -0.334 e. The van der Waals surface area contributed by atoms with Gasteiger partial charge in [-0.15, -0.1) is 0 Å². The number of hydrogen-bond acceptors (Lipinski definition) is 3. The molecule has 7 nitrogen and oxygen atoms in total. The fourth-order valence-corrected chi connectivity index (χ4v) is 2.61. The molecule has 29 heavy (non-hydrogen) atoms. The molecule has 2 aromatic carbocycles. The maximum absolute atomic E-state index is 13.1. The third-order valence-electron chi connectivity index (χ3n) is 3.98. The molecule has 3 amide bonds. The number of anilines is 1. The van der Waals surface area contributed by atoms with Crippen molar-refractivity contribution in [3.63, 3.8) is 0 Å². The Morgan fingerprint density at radius 2 is 1.83 bits per heavy atom. The Hall–Kier alpha value is -3.75. The Morgan fingerprint density at radius 1 is 1.00 bits per heavy atom. The number of carbonyl (C=O) groups is 2. The SMILES string of the molecule is O=C(CNC(=O)NCc1cccc(Cn2ccnc2)c1)Nc1ccc(F)c(F)c1. The molecule has 3 N–H and O–H groups in total. The monoisotopic (exact) mass is 399 g/mol. The molecule has 0 aliphatic heterocycles. The largest absolute Gasteiger partial charge is 0.334 e. The predicted molar refractivity (Wildman–Crippen MR) is 103 cm³/mol. The van der Waals surface area contributed by atoms with Crippen LogP contribution in [0.3, 0.4) is 0 Å². The molecule has 0 aliphatic carbocycles. The van der Waals surface area contributed by atoms with Gasteiger partial charge in [0.05, 0.1) is 12.9 Å². The van der Waals surface area contributed by atoms with Gasteiger partial charge in [-0.2, -0.15) is 0 Å². The molecule has 0 unspecified atom stereocenters. The van der Waals surface area contributed by atoms with Crippen molar-refractivity contribution in [3.05, 3.63) is 83.9 Å². The van der Waals surface area contributed by atoms with E-state index in [9.17, 15) is 18.4 Å². The summed E-state index contributed by atoms with van der Waals surface area (Å²) in [6.45, 7) is 0.643. The summed E-state index contributed by atoms with van der Waals surface area (Å²) in [7, 11) is 0. The van der Waals surface area contributed by atoms with Gasteiger partial charge in [-0.3, -0.25) is 4.79 Å². The first-order chi connectivity index (χ1) is 14.0. The first kappa shape index (κ1) is 20.0. The van der Waals surface area contributed by atoms with E-state index in [4.69, 9.17) is 0 Å². The van der Waals surface area contributed by atoms with Crippen molar-refractivity contribution in [1.82, 2.24) is 20.2 Å². The number of urea groups is 1. The summed E-state index contributed by atoms with van der Waals surface area (Å²) in [6, 6.07) is 10.2. The average Bonchev–Trinajstić information content (AvgIpc) is 3.21. The molecule has 9 heteroatoms. The van der Waals surface area contributed by atoms with Crippen LogP contribution in [0.25, 0.3) is 0 Å². The molecule has 0 radical (unpaired) electrons. The van der Waals surface area contributed by atoms with Crippen LogP contribution in [0.15, 0.2) is 61.2 Å². The second kappa shape index (κ2) is 9.45. The van der Waals surface area contributed by atoms with E-state index >= 15 is 0 Å².